The average molecular weight is 390 g/mol. The average Bonchev–Trinajstić information content (AvgIpc) is 2.68. The molecule has 0 radical (unpaired) electrons. The number of aromatic nitrogens is 1. The molecule has 2 atom stereocenters. The molecule has 0 amide bonds. The van der Waals surface area contributed by atoms with E-state index in [9.17, 15) is 13.2 Å². The molecule has 1 saturated heterocycles. The number of ketones is 1. The van der Waals surface area contributed by atoms with Crippen LogP contribution in [0.15, 0.2) is 53.6 Å². The molecular weight excluding hydrogens is 368 g/mol. The van der Waals surface area contributed by atoms with Crippen LogP contribution in [0.3, 0.4) is 0 Å². The Kier molecular flexibility index (Phi) is 6.33. The van der Waals surface area contributed by atoms with Crippen molar-refractivity contribution < 1.29 is 22.7 Å². The van der Waals surface area contributed by atoms with Crippen LogP contribution >= 0.6 is 0 Å². The monoisotopic (exact) mass is 390 g/mol. The lowest BCUT2D eigenvalue weighted by atomic mass is 10.1. The van der Waals surface area contributed by atoms with Crippen LogP contribution in [0.1, 0.15) is 29.4 Å². The Morgan fingerprint density at radius 2 is 2.04 bits per heavy atom. The number of benzene rings is 1. The van der Waals surface area contributed by atoms with Crippen LogP contribution in [-0.4, -0.2) is 44.5 Å². The number of hydrogen-bond acceptors (Lipinski definition) is 6. The zero-order valence-electron chi connectivity index (χ0n) is 15.0. The van der Waals surface area contributed by atoms with Gasteiger partial charge in [-0.2, -0.15) is 0 Å². The second-order valence-corrected chi connectivity index (χ2v) is 8.06. The summed E-state index contributed by atoms with van der Waals surface area (Å²) in [6.45, 7) is 2.48. The lowest BCUT2D eigenvalue weighted by molar-refractivity contribution is -0.0718. The third-order valence-electron chi connectivity index (χ3n) is 4.35. The van der Waals surface area contributed by atoms with Gasteiger partial charge in [0.2, 0.25) is 10.0 Å². The predicted octanol–water partition coefficient (Wildman–Crippen LogP) is 1.94. The molecule has 2 aromatic rings. The summed E-state index contributed by atoms with van der Waals surface area (Å²) >= 11 is 0. The number of nitrogens with zero attached hydrogens (tertiary/aromatic N) is 1. The molecule has 2 heterocycles. The quantitative estimate of drug-likeness (QED) is 0.726. The number of carbonyl (C=O) groups excluding carboxylic acids is 1. The highest BCUT2D eigenvalue weighted by molar-refractivity contribution is 7.89. The number of ether oxygens (including phenoxy) is 2. The molecule has 144 valence electrons. The van der Waals surface area contributed by atoms with E-state index in [0.717, 1.165) is 5.69 Å². The second-order valence-electron chi connectivity index (χ2n) is 6.34. The van der Waals surface area contributed by atoms with Gasteiger partial charge in [0.25, 0.3) is 0 Å². The Morgan fingerprint density at radius 1 is 1.26 bits per heavy atom. The van der Waals surface area contributed by atoms with E-state index < -0.39 is 22.2 Å². The molecule has 1 aliphatic heterocycles. The zero-order chi connectivity index (χ0) is 19.3. The van der Waals surface area contributed by atoms with E-state index in [1.54, 1.807) is 6.20 Å². The van der Waals surface area contributed by atoms with Gasteiger partial charge in [-0.05, 0) is 37.6 Å². The highest BCUT2D eigenvalue weighted by Crippen LogP contribution is 2.18. The third-order valence-corrected chi connectivity index (χ3v) is 5.86. The summed E-state index contributed by atoms with van der Waals surface area (Å²) in [6, 6.07) is 11.0. The SMILES string of the molecule is CC(=O)c1ccc(S(=O)(=O)N[C@@H]2CCOC[C@H]2OCc2ccccn2)cc1. The molecule has 1 aliphatic rings. The lowest BCUT2D eigenvalue weighted by Crippen LogP contribution is -2.49. The van der Waals surface area contributed by atoms with Crippen molar-refractivity contribution in [2.45, 2.75) is 37.0 Å². The molecule has 7 nitrogen and oxygen atoms in total. The molecule has 27 heavy (non-hydrogen) atoms. The van der Waals surface area contributed by atoms with Crippen LogP contribution in [0.2, 0.25) is 0 Å². The maximum atomic E-state index is 12.7. The van der Waals surface area contributed by atoms with Gasteiger partial charge >= 0.3 is 0 Å². The van der Waals surface area contributed by atoms with Gasteiger partial charge in [-0.1, -0.05) is 18.2 Å². The van der Waals surface area contributed by atoms with E-state index in [2.05, 4.69) is 9.71 Å². The summed E-state index contributed by atoms with van der Waals surface area (Å²) in [7, 11) is -3.73. The van der Waals surface area contributed by atoms with Crippen LogP contribution in [0.5, 0.6) is 0 Å². The topological polar surface area (TPSA) is 94.6 Å². The Labute approximate surface area is 158 Å². The summed E-state index contributed by atoms with van der Waals surface area (Å²) in [5, 5.41) is 0. The largest absolute Gasteiger partial charge is 0.379 e. The smallest absolute Gasteiger partial charge is 0.240 e. The first-order valence-corrected chi connectivity index (χ1v) is 10.2. The molecule has 0 aliphatic carbocycles. The number of rotatable bonds is 7. The van der Waals surface area contributed by atoms with Crippen molar-refractivity contribution in [3.8, 4) is 0 Å². The molecular formula is C19H22N2O5S. The van der Waals surface area contributed by atoms with Gasteiger partial charge in [0.1, 0.15) is 0 Å². The fraction of sp³-hybridized carbons (Fsp3) is 0.368. The van der Waals surface area contributed by atoms with Gasteiger partial charge in [-0.25, -0.2) is 13.1 Å². The van der Waals surface area contributed by atoms with Crippen molar-refractivity contribution in [2.24, 2.45) is 0 Å². The maximum Gasteiger partial charge on any atom is 0.240 e. The van der Waals surface area contributed by atoms with Crippen molar-refractivity contribution in [3.05, 3.63) is 59.9 Å². The van der Waals surface area contributed by atoms with Crippen molar-refractivity contribution in [1.29, 1.82) is 0 Å². The van der Waals surface area contributed by atoms with Gasteiger partial charge in [0, 0.05) is 18.4 Å². The van der Waals surface area contributed by atoms with E-state index in [1.165, 1.54) is 31.2 Å². The molecule has 8 heteroatoms. The standard InChI is InChI=1S/C19H22N2O5S/c1-14(22)15-5-7-17(8-6-15)27(23,24)21-18-9-11-25-13-19(18)26-12-16-4-2-3-10-20-16/h2-8,10,18-19,21H,9,11-13H2,1H3/t18-,19-/m1/s1. The van der Waals surface area contributed by atoms with Crippen LogP contribution in [0, 0.1) is 0 Å². The van der Waals surface area contributed by atoms with Gasteiger partial charge in [-0.15, -0.1) is 0 Å². The van der Waals surface area contributed by atoms with Crippen molar-refractivity contribution in [2.75, 3.05) is 13.2 Å². The van der Waals surface area contributed by atoms with E-state index in [1.807, 2.05) is 18.2 Å². The number of sulfonamides is 1. The van der Waals surface area contributed by atoms with E-state index >= 15 is 0 Å². The van der Waals surface area contributed by atoms with Gasteiger partial charge < -0.3 is 9.47 Å². The number of hydrogen-bond donors (Lipinski definition) is 1. The number of nitrogens with one attached hydrogen (secondary N) is 1. The highest BCUT2D eigenvalue weighted by atomic mass is 32.2. The molecule has 0 saturated carbocycles. The summed E-state index contributed by atoms with van der Waals surface area (Å²) < 4.78 is 39.4. The molecule has 1 aromatic heterocycles. The van der Waals surface area contributed by atoms with Crippen molar-refractivity contribution in [1.82, 2.24) is 9.71 Å². The van der Waals surface area contributed by atoms with Crippen molar-refractivity contribution in [3.63, 3.8) is 0 Å². The Bertz CT molecular complexity index is 869. The van der Waals surface area contributed by atoms with Crippen LogP contribution in [0.25, 0.3) is 0 Å². The maximum absolute atomic E-state index is 12.7. The Balaban J connectivity index is 1.68. The summed E-state index contributed by atoms with van der Waals surface area (Å²) in [5.74, 6) is -0.112. The molecule has 3 rings (SSSR count). The number of carbonyl (C=O) groups is 1. The molecule has 1 N–H and O–H groups in total. The fourth-order valence-corrected chi connectivity index (χ4v) is 4.12. The van der Waals surface area contributed by atoms with Gasteiger partial charge in [-0.3, -0.25) is 9.78 Å². The van der Waals surface area contributed by atoms with Gasteiger partial charge in [0.15, 0.2) is 5.78 Å². The molecule has 1 aromatic carbocycles. The van der Waals surface area contributed by atoms with Crippen LogP contribution in [0.4, 0.5) is 0 Å². The minimum atomic E-state index is -3.73. The van der Waals surface area contributed by atoms with E-state index in [4.69, 9.17) is 9.47 Å². The first kappa shape index (κ1) is 19.6. The molecule has 0 unspecified atom stereocenters. The van der Waals surface area contributed by atoms with Crippen molar-refractivity contribution >= 4 is 15.8 Å². The predicted molar refractivity (Wildman–Crippen MR) is 98.8 cm³/mol. The minimum absolute atomic E-state index is 0.112. The normalized spacial score (nSPS) is 20.3. The number of Topliss-reactive ketones (excluding diaryl/α,β-unsaturated/α-hetero) is 1. The Hall–Kier alpha value is -2.13. The molecule has 0 bridgehead atoms. The summed E-state index contributed by atoms with van der Waals surface area (Å²) in [6.07, 6.45) is 1.78. The highest BCUT2D eigenvalue weighted by Gasteiger charge is 2.31. The summed E-state index contributed by atoms with van der Waals surface area (Å²) in [4.78, 5) is 15.7. The Morgan fingerprint density at radius 3 is 2.70 bits per heavy atom. The first-order chi connectivity index (χ1) is 13.0. The van der Waals surface area contributed by atoms with Crippen LogP contribution < -0.4 is 4.72 Å². The van der Waals surface area contributed by atoms with E-state index in [-0.39, 0.29) is 17.3 Å². The summed E-state index contributed by atoms with van der Waals surface area (Å²) in [5.41, 5.74) is 1.24. The number of pyridine rings is 1. The molecule has 0 spiro atoms. The van der Waals surface area contributed by atoms with Crippen LogP contribution in [-0.2, 0) is 26.1 Å². The fourth-order valence-electron chi connectivity index (χ4n) is 2.82. The van der Waals surface area contributed by atoms with E-state index in [0.29, 0.717) is 25.2 Å². The second kappa shape index (κ2) is 8.71. The molecule has 1 fully saturated rings. The third kappa shape index (κ3) is 5.20. The van der Waals surface area contributed by atoms with Gasteiger partial charge in [0.05, 0.1) is 35.9 Å². The lowest BCUT2D eigenvalue weighted by Gasteiger charge is -2.31. The minimum Gasteiger partial charge on any atom is -0.379 e. The first-order valence-electron chi connectivity index (χ1n) is 8.68. The zero-order valence-corrected chi connectivity index (χ0v) is 15.8.